The van der Waals surface area contributed by atoms with Crippen molar-refractivity contribution in [2.75, 3.05) is 13.7 Å². The van der Waals surface area contributed by atoms with Gasteiger partial charge in [-0.15, -0.1) is 0 Å². The van der Waals surface area contributed by atoms with Gasteiger partial charge < -0.3 is 9.47 Å². The van der Waals surface area contributed by atoms with E-state index in [1.807, 2.05) is 25.1 Å². The van der Waals surface area contributed by atoms with Crippen molar-refractivity contribution >= 4 is 21.9 Å². The number of halogens is 1. The fourth-order valence-corrected chi connectivity index (χ4v) is 3.15. The van der Waals surface area contributed by atoms with Crippen molar-refractivity contribution in [3.8, 4) is 5.75 Å². The van der Waals surface area contributed by atoms with E-state index in [9.17, 15) is 4.79 Å². The van der Waals surface area contributed by atoms with E-state index in [2.05, 4.69) is 21.2 Å². The molecular weight excluding hydrogens is 334 g/mol. The Labute approximate surface area is 134 Å². The topological polar surface area (TPSA) is 47.6 Å². The lowest BCUT2D eigenvalue weighted by atomic mass is 10.0. The zero-order valence-corrected chi connectivity index (χ0v) is 14.1. The van der Waals surface area contributed by atoms with Crippen LogP contribution in [-0.2, 0) is 9.53 Å². The van der Waals surface area contributed by atoms with Crippen LogP contribution in [0.15, 0.2) is 22.7 Å². The van der Waals surface area contributed by atoms with Crippen LogP contribution in [0, 0.1) is 0 Å². The summed E-state index contributed by atoms with van der Waals surface area (Å²) in [5.41, 5.74) is 0.817. The second-order valence-electron chi connectivity index (χ2n) is 5.22. The number of carbonyl (C=O) groups excluding carboxylic acids is 1. The summed E-state index contributed by atoms with van der Waals surface area (Å²) in [5.74, 6) is 0.447. The smallest absolute Gasteiger partial charge is 0.327 e. The number of hydrogen-bond acceptors (Lipinski definition) is 4. The first-order valence-electron chi connectivity index (χ1n) is 7.41. The largest absolute Gasteiger partial charge is 0.496 e. The van der Waals surface area contributed by atoms with Crippen LogP contribution in [0.25, 0.3) is 0 Å². The molecule has 1 aliphatic carbocycles. The summed E-state index contributed by atoms with van der Waals surface area (Å²) < 4.78 is 11.6. The highest BCUT2D eigenvalue weighted by molar-refractivity contribution is 9.10. The first kappa shape index (κ1) is 16.3. The number of carbonyl (C=O) groups is 1. The van der Waals surface area contributed by atoms with Gasteiger partial charge in [-0.1, -0.05) is 28.8 Å². The molecule has 1 aliphatic rings. The Morgan fingerprint density at radius 1 is 1.43 bits per heavy atom. The summed E-state index contributed by atoms with van der Waals surface area (Å²) in [6.45, 7) is 2.20. The van der Waals surface area contributed by atoms with Gasteiger partial charge in [0.1, 0.15) is 11.8 Å². The maximum absolute atomic E-state index is 12.4. The van der Waals surface area contributed by atoms with Gasteiger partial charge in [-0.25, -0.2) is 4.79 Å². The molecule has 0 heterocycles. The molecule has 0 aliphatic heterocycles. The average Bonchev–Trinajstić information content (AvgIpc) is 2.98. The third-order valence-corrected chi connectivity index (χ3v) is 4.28. The van der Waals surface area contributed by atoms with Gasteiger partial charge in [-0.2, -0.15) is 0 Å². The van der Waals surface area contributed by atoms with Crippen LogP contribution in [0.2, 0.25) is 0 Å². The van der Waals surface area contributed by atoms with Crippen LogP contribution in [0.1, 0.15) is 44.2 Å². The van der Waals surface area contributed by atoms with Gasteiger partial charge in [-0.3, -0.25) is 5.32 Å². The lowest BCUT2D eigenvalue weighted by Crippen LogP contribution is -2.36. The maximum atomic E-state index is 12.4. The molecule has 1 aromatic rings. The van der Waals surface area contributed by atoms with Gasteiger partial charge in [-0.05, 0) is 38.0 Å². The van der Waals surface area contributed by atoms with E-state index in [1.165, 1.54) is 12.8 Å². The SMILES string of the molecule is CCOC(=O)C(NC1CCCC1)c1cc(Br)ccc1OC. The van der Waals surface area contributed by atoms with E-state index in [0.29, 0.717) is 18.4 Å². The standard InChI is InChI=1S/C16H22BrNO3/c1-3-21-16(19)15(18-12-6-4-5-7-12)13-10-11(17)8-9-14(13)20-2/h8-10,12,15,18H,3-7H2,1-2H3. The average molecular weight is 356 g/mol. The molecule has 1 N–H and O–H groups in total. The molecule has 116 valence electrons. The number of nitrogens with one attached hydrogen (secondary N) is 1. The highest BCUT2D eigenvalue weighted by atomic mass is 79.9. The molecule has 21 heavy (non-hydrogen) atoms. The first-order chi connectivity index (χ1) is 10.2. The molecule has 0 saturated heterocycles. The van der Waals surface area contributed by atoms with Crippen molar-refractivity contribution < 1.29 is 14.3 Å². The fourth-order valence-electron chi connectivity index (χ4n) is 2.77. The zero-order chi connectivity index (χ0) is 15.2. The summed E-state index contributed by atoms with van der Waals surface area (Å²) in [5, 5.41) is 3.44. The van der Waals surface area contributed by atoms with Gasteiger partial charge in [0.25, 0.3) is 0 Å². The second-order valence-corrected chi connectivity index (χ2v) is 6.14. The molecule has 1 fully saturated rings. The van der Waals surface area contributed by atoms with E-state index >= 15 is 0 Å². The van der Waals surface area contributed by atoms with Crippen LogP contribution < -0.4 is 10.1 Å². The highest BCUT2D eigenvalue weighted by Crippen LogP contribution is 2.31. The van der Waals surface area contributed by atoms with Crippen LogP contribution in [-0.4, -0.2) is 25.7 Å². The molecule has 0 bridgehead atoms. The molecule has 5 heteroatoms. The Morgan fingerprint density at radius 2 is 2.14 bits per heavy atom. The lowest BCUT2D eigenvalue weighted by molar-refractivity contribution is -0.146. The fraction of sp³-hybridized carbons (Fsp3) is 0.562. The third kappa shape index (κ3) is 4.20. The predicted molar refractivity (Wildman–Crippen MR) is 85.5 cm³/mol. The van der Waals surface area contributed by atoms with E-state index in [0.717, 1.165) is 22.9 Å². The first-order valence-corrected chi connectivity index (χ1v) is 8.21. The number of esters is 1. The molecule has 1 unspecified atom stereocenters. The Morgan fingerprint density at radius 3 is 2.76 bits per heavy atom. The number of methoxy groups -OCH3 is 1. The van der Waals surface area contributed by atoms with Crippen molar-refractivity contribution in [2.45, 2.75) is 44.7 Å². The van der Waals surface area contributed by atoms with Crippen LogP contribution in [0.3, 0.4) is 0 Å². The summed E-state index contributed by atoms with van der Waals surface area (Å²) in [6.07, 6.45) is 4.63. The molecule has 4 nitrogen and oxygen atoms in total. The Kier molecular flexibility index (Phi) is 6.06. The van der Waals surface area contributed by atoms with Crippen molar-refractivity contribution in [1.82, 2.24) is 5.32 Å². The number of hydrogen-bond donors (Lipinski definition) is 1. The van der Waals surface area contributed by atoms with Crippen LogP contribution in [0.5, 0.6) is 5.75 Å². The minimum atomic E-state index is -0.486. The molecule has 2 rings (SSSR count). The summed E-state index contributed by atoms with van der Waals surface area (Å²) in [4.78, 5) is 12.4. The Bertz CT molecular complexity index is 486. The number of ether oxygens (including phenoxy) is 2. The summed E-state index contributed by atoms with van der Waals surface area (Å²) in [7, 11) is 1.62. The van der Waals surface area contributed by atoms with E-state index < -0.39 is 6.04 Å². The van der Waals surface area contributed by atoms with Crippen molar-refractivity contribution in [3.05, 3.63) is 28.2 Å². The van der Waals surface area contributed by atoms with E-state index in [4.69, 9.17) is 9.47 Å². The highest BCUT2D eigenvalue weighted by Gasteiger charge is 2.29. The molecule has 1 atom stereocenters. The molecule has 0 spiro atoms. The second kappa shape index (κ2) is 7.80. The van der Waals surface area contributed by atoms with Gasteiger partial charge in [0.05, 0.1) is 13.7 Å². The van der Waals surface area contributed by atoms with Gasteiger partial charge >= 0.3 is 5.97 Å². The van der Waals surface area contributed by atoms with Crippen molar-refractivity contribution in [3.63, 3.8) is 0 Å². The molecule has 1 saturated carbocycles. The molecule has 1 aromatic carbocycles. The van der Waals surface area contributed by atoms with Crippen LogP contribution in [0.4, 0.5) is 0 Å². The van der Waals surface area contributed by atoms with Crippen molar-refractivity contribution in [2.24, 2.45) is 0 Å². The molecule has 0 aromatic heterocycles. The van der Waals surface area contributed by atoms with E-state index in [-0.39, 0.29) is 5.97 Å². The maximum Gasteiger partial charge on any atom is 0.327 e. The quantitative estimate of drug-likeness (QED) is 0.792. The summed E-state index contributed by atoms with van der Waals surface area (Å²) in [6, 6.07) is 5.56. The van der Waals surface area contributed by atoms with Gasteiger partial charge in [0, 0.05) is 16.1 Å². The molecular formula is C16H22BrNO3. The third-order valence-electron chi connectivity index (χ3n) is 3.78. The zero-order valence-electron chi connectivity index (χ0n) is 12.5. The van der Waals surface area contributed by atoms with Gasteiger partial charge in [0.15, 0.2) is 0 Å². The lowest BCUT2D eigenvalue weighted by Gasteiger charge is -2.23. The monoisotopic (exact) mass is 355 g/mol. The minimum absolute atomic E-state index is 0.249. The van der Waals surface area contributed by atoms with Crippen LogP contribution >= 0.6 is 15.9 Å². The summed E-state index contributed by atoms with van der Waals surface area (Å²) >= 11 is 3.46. The predicted octanol–water partition coefficient (Wildman–Crippen LogP) is 3.59. The van der Waals surface area contributed by atoms with Gasteiger partial charge in [0.2, 0.25) is 0 Å². The normalized spacial score (nSPS) is 16.7. The minimum Gasteiger partial charge on any atom is -0.496 e. The Balaban J connectivity index is 2.28. The molecule has 0 radical (unpaired) electrons. The number of benzene rings is 1. The Hall–Kier alpha value is -1.07. The van der Waals surface area contributed by atoms with Crippen molar-refractivity contribution in [1.29, 1.82) is 0 Å². The van der Waals surface area contributed by atoms with E-state index in [1.54, 1.807) is 7.11 Å². The number of rotatable bonds is 6. The molecule has 0 amide bonds.